The van der Waals surface area contributed by atoms with Gasteiger partial charge in [-0.2, -0.15) is 0 Å². The Kier molecular flexibility index (Phi) is 58.7. The van der Waals surface area contributed by atoms with Crippen LogP contribution in [-0.4, -0.2) is 96.7 Å². The topological polar surface area (TPSA) is 237 Å². The SMILES string of the molecule is CCCCCCCC(=O)OC[C@H](COP(=O)(O)OC[C@H](O)COP(=O)(O)OC[C@@H](COC(=O)CCCCCCCCCCCCC(C)CC)OC(=O)CCCCCCCCCCCCCCC(C)C)OC(=O)CCCCCCCCCCCCC(C)CC. The molecule has 3 N–H and O–H groups in total. The first-order valence-electron chi connectivity index (χ1n) is 35.9. The molecule has 88 heavy (non-hydrogen) atoms. The van der Waals surface area contributed by atoms with E-state index >= 15 is 0 Å². The zero-order valence-corrected chi connectivity index (χ0v) is 59.0. The first-order chi connectivity index (χ1) is 42.3. The Balaban J connectivity index is 5.18. The summed E-state index contributed by atoms with van der Waals surface area (Å²) in [5, 5.41) is 10.6. The summed E-state index contributed by atoms with van der Waals surface area (Å²) in [5.41, 5.74) is 0. The number of phosphoric acid groups is 2. The van der Waals surface area contributed by atoms with E-state index in [9.17, 15) is 43.2 Å². The van der Waals surface area contributed by atoms with Gasteiger partial charge < -0.3 is 33.8 Å². The van der Waals surface area contributed by atoms with Crippen LogP contribution >= 0.6 is 15.6 Å². The maximum absolute atomic E-state index is 13.0. The van der Waals surface area contributed by atoms with Gasteiger partial charge in [0.15, 0.2) is 12.2 Å². The third-order valence-electron chi connectivity index (χ3n) is 16.6. The van der Waals surface area contributed by atoms with Gasteiger partial charge in [-0.3, -0.25) is 37.3 Å². The van der Waals surface area contributed by atoms with E-state index in [1.165, 1.54) is 148 Å². The van der Waals surface area contributed by atoms with Gasteiger partial charge in [-0.1, -0.05) is 292 Å². The van der Waals surface area contributed by atoms with Gasteiger partial charge in [0.05, 0.1) is 26.4 Å². The second-order valence-electron chi connectivity index (χ2n) is 25.9. The number of hydrogen-bond acceptors (Lipinski definition) is 15. The van der Waals surface area contributed by atoms with Crippen LogP contribution in [0.4, 0.5) is 0 Å². The molecule has 0 rings (SSSR count). The number of rotatable bonds is 67. The van der Waals surface area contributed by atoms with E-state index in [1.54, 1.807) is 0 Å². The van der Waals surface area contributed by atoms with Crippen molar-refractivity contribution in [1.82, 2.24) is 0 Å². The summed E-state index contributed by atoms with van der Waals surface area (Å²) >= 11 is 0. The van der Waals surface area contributed by atoms with Gasteiger partial charge in [-0.05, 0) is 43.4 Å². The Labute approximate surface area is 537 Å². The Bertz CT molecular complexity index is 1740. The first kappa shape index (κ1) is 86.1. The lowest BCUT2D eigenvalue weighted by Gasteiger charge is -2.21. The maximum Gasteiger partial charge on any atom is 0.472 e. The summed E-state index contributed by atoms with van der Waals surface area (Å²) in [6.07, 6.45) is 43.2. The molecule has 19 heteroatoms. The maximum atomic E-state index is 13.0. The zero-order chi connectivity index (χ0) is 65.2. The highest BCUT2D eigenvalue weighted by Crippen LogP contribution is 2.45. The largest absolute Gasteiger partial charge is 0.472 e. The van der Waals surface area contributed by atoms with Crippen molar-refractivity contribution in [2.24, 2.45) is 17.8 Å². The molecule has 0 saturated heterocycles. The van der Waals surface area contributed by atoms with Crippen molar-refractivity contribution < 1.29 is 80.2 Å². The standard InChI is InChI=1S/C69H134O17P2/c1-8-11-12-33-43-50-66(71)79-56-64(85-68(73)53-46-39-32-26-20-18-23-29-36-42-49-62(7)10-3)58-83-87(75,76)81-54-63(70)55-82-88(77,78)84-59-65(57-80-67(72)51-44-37-30-24-19-17-22-28-35-41-48-61(6)9-2)86-69(74)52-45-38-31-25-16-14-13-15-21-27-34-40-47-60(4)5/h60-65,70H,8-59H2,1-7H3,(H,75,76)(H,77,78)/t61?,62?,63-,64+,65+/m0/s1. The number of hydrogen-bond donors (Lipinski definition) is 3. The van der Waals surface area contributed by atoms with Crippen LogP contribution in [0.5, 0.6) is 0 Å². The van der Waals surface area contributed by atoms with Crippen LogP contribution < -0.4 is 0 Å². The fourth-order valence-electron chi connectivity index (χ4n) is 10.3. The van der Waals surface area contributed by atoms with Crippen molar-refractivity contribution in [3.05, 3.63) is 0 Å². The Morgan fingerprint density at radius 2 is 0.580 bits per heavy atom. The van der Waals surface area contributed by atoms with Crippen LogP contribution in [0.2, 0.25) is 0 Å². The minimum absolute atomic E-state index is 0.105. The molecule has 0 heterocycles. The van der Waals surface area contributed by atoms with E-state index in [2.05, 4.69) is 48.5 Å². The lowest BCUT2D eigenvalue weighted by molar-refractivity contribution is -0.161. The van der Waals surface area contributed by atoms with Gasteiger partial charge in [-0.15, -0.1) is 0 Å². The van der Waals surface area contributed by atoms with Crippen LogP contribution in [0.15, 0.2) is 0 Å². The third kappa shape index (κ3) is 60.3. The first-order valence-corrected chi connectivity index (χ1v) is 38.9. The molecule has 0 fully saturated rings. The zero-order valence-electron chi connectivity index (χ0n) is 57.2. The molecule has 0 saturated carbocycles. The fourth-order valence-corrected chi connectivity index (χ4v) is 11.9. The molecule has 0 aromatic carbocycles. The predicted octanol–water partition coefficient (Wildman–Crippen LogP) is 19.5. The lowest BCUT2D eigenvalue weighted by Crippen LogP contribution is -2.30. The van der Waals surface area contributed by atoms with E-state index in [1.807, 2.05) is 0 Å². The fraction of sp³-hybridized carbons (Fsp3) is 0.942. The third-order valence-corrected chi connectivity index (χ3v) is 18.5. The number of esters is 4. The van der Waals surface area contributed by atoms with Gasteiger partial charge in [0.2, 0.25) is 0 Å². The Morgan fingerprint density at radius 3 is 0.864 bits per heavy atom. The average molecular weight is 1300 g/mol. The molecule has 7 atom stereocenters. The highest BCUT2D eigenvalue weighted by Gasteiger charge is 2.30. The number of ether oxygens (including phenoxy) is 4. The molecule has 0 aliphatic rings. The molecule has 522 valence electrons. The van der Waals surface area contributed by atoms with Crippen LogP contribution in [0.25, 0.3) is 0 Å². The molecule has 0 aromatic rings. The van der Waals surface area contributed by atoms with E-state index in [0.717, 1.165) is 114 Å². The van der Waals surface area contributed by atoms with Gasteiger partial charge in [0, 0.05) is 25.7 Å². The molecular weight excluding hydrogens is 1160 g/mol. The number of carbonyl (C=O) groups excluding carboxylic acids is 4. The number of phosphoric ester groups is 2. The van der Waals surface area contributed by atoms with Gasteiger partial charge in [0.25, 0.3) is 0 Å². The summed E-state index contributed by atoms with van der Waals surface area (Å²) in [5.74, 6) is 0.252. The Hall–Kier alpha value is -1.94. The molecule has 0 aliphatic heterocycles. The lowest BCUT2D eigenvalue weighted by atomic mass is 9.99. The van der Waals surface area contributed by atoms with Crippen LogP contribution in [-0.2, 0) is 65.4 Å². The smallest absolute Gasteiger partial charge is 0.462 e. The second kappa shape index (κ2) is 60.0. The van der Waals surface area contributed by atoms with Gasteiger partial charge in [0.1, 0.15) is 19.3 Å². The average Bonchev–Trinajstić information content (AvgIpc) is 3.56. The molecule has 0 aliphatic carbocycles. The minimum Gasteiger partial charge on any atom is -0.462 e. The number of aliphatic hydroxyl groups is 1. The van der Waals surface area contributed by atoms with Crippen LogP contribution in [0.3, 0.4) is 0 Å². The normalized spacial score (nSPS) is 14.9. The number of unbranched alkanes of at least 4 members (excludes halogenated alkanes) is 33. The van der Waals surface area contributed by atoms with E-state index in [-0.39, 0.29) is 25.7 Å². The van der Waals surface area contributed by atoms with Crippen molar-refractivity contribution in [3.63, 3.8) is 0 Å². The van der Waals surface area contributed by atoms with Crippen molar-refractivity contribution in [3.8, 4) is 0 Å². The summed E-state index contributed by atoms with van der Waals surface area (Å²) < 4.78 is 68.1. The monoisotopic (exact) mass is 1300 g/mol. The van der Waals surface area contributed by atoms with Crippen LogP contribution in [0.1, 0.15) is 344 Å². The summed E-state index contributed by atoms with van der Waals surface area (Å²) in [4.78, 5) is 72.3. The Morgan fingerprint density at radius 1 is 0.330 bits per heavy atom. The quantitative estimate of drug-likeness (QED) is 0.0222. The van der Waals surface area contributed by atoms with Crippen LogP contribution in [0, 0.1) is 17.8 Å². The molecule has 4 unspecified atom stereocenters. The molecule has 0 bridgehead atoms. The van der Waals surface area contributed by atoms with Gasteiger partial charge in [-0.25, -0.2) is 9.13 Å². The molecule has 0 amide bonds. The highest BCUT2D eigenvalue weighted by atomic mass is 31.2. The minimum atomic E-state index is -4.95. The van der Waals surface area contributed by atoms with E-state index < -0.39 is 97.5 Å². The summed E-state index contributed by atoms with van der Waals surface area (Å²) in [6, 6.07) is 0. The molecule has 17 nitrogen and oxygen atoms in total. The molecule has 0 spiro atoms. The number of aliphatic hydroxyl groups excluding tert-OH is 1. The summed E-state index contributed by atoms with van der Waals surface area (Å²) in [7, 11) is -9.89. The van der Waals surface area contributed by atoms with Gasteiger partial charge >= 0.3 is 39.5 Å². The molecule has 0 radical (unpaired) electrons. The van der Waals surface area contributed by atoms with Crippen molar-refractivity contribution in [1.29, 1.82) is 0 Å². The highest BCUT2D eigenvalue weighted by molar-refractivity contribution is 7.47. The predicted molar refractivity (Wildman–Crippen MR) is 354 cm³/mol. The van der Waals surface area contributed by atoms with Crippen molar-refractivity contribution in [2.45, 2.75) is 362 Å². The van der Waals surface area contributed by atoms with Crippen molar-refractivity contribution >= 4 is 39.5 Å². The van der Waals surface area contributed by atoms with E-state index in [0.29, 0.717) is 25.7 Å². The number of carbonyl (C=O) groups is 4. The summed E-state index contributed by atoms with van der Waals surface area (Å²) in [6.45, 7) is 11.8. The molecule has 0 aromatic heterocycles. The second-order valence-corrected chi connectivity index (χ2v) is 28.8. The van der Waals surface area contributed by atoms with Crippen molar-refractivity contribution in [2.75, 3.05) is 39.6 Å². The van der Waals surface area contributed by atoms with E-state index in [4.69, 9.17) is 37.0 Å². The molecular formula is C69H134O17P2.